The van der Waals surface area contributed by atoms with Crippen LogP contribution in [0.1, 0.15) is 97.6 Å². The fourth-order valence-corrected chi connectivity index (χ4v) is 12.9. The van der Waals surface area contributed by atoms with Crippen molar-refractivity contribution >= 4 is 120 Å². The first kappa shape index (κ1) is 27.5. The van der Waals surface area contributed by atoms with Crippen molar-refractivity contribution in [1.29, 1.82) is 0 Å². The Kier molecular flexibility index (Phi) is 6.44. The molecule has 0 bridgehead atoms. The standard InChI is InChI=1S/C52H36N4.C49H32N4/c1-33-19-26-40(27-20-33)55-45-17-8-6-15-41(45)49-47(55)29-30-48-50(49)42-16-7-9-18-46(42)56(48)52-53-44-28-25-39(35-12-4-3-5-13-35)32-43(44)51(54-52)37-23-21-36(22-24-37)38-14-10-11-34(2)31-38;1-31-19-24-37(25-20-31)52-42-17-9-7-15-38(42)46-44(52)27-28-45-47(46)39-16-8-10-18-43(39)53(45)49-50-41-26-23-35(32-11-3-2-4-12-32)30-40(41)48(51-49)36-22-21-33-13-5-6-14-34(33)29-36/h3-32H,1-2H3;2-30H,1H3/i3D,4D,5D,6D,7D,8D,9D,10D,11D,12D,13D,14D,15D,16D,17D,18D,19D,20D,21D,22D,23D,24D,25D,26D,27D,28D,29D,30D,31D,32D;2D,3D,4D,5D,6D,7D,8D,9D,10D,11D,12D,13D,14D,15D,16D,17D,18D,19D,20D,21D,22D,23D,24D,25D,26D,27D,28D,29D,30D. The highest BCUT2D eigenvalue weighted by molar-refractivity contribution is 6.30. The molecule has 0 radical (unpaired) electrons. The Morgan fingerprint density at radius 3 is 1.03 bits per heavy atom. The van der Waals surface area contributed by atoms with Crippen LogP contribution in [-0.4, -0.2) is 38.2 Å². The zero-order valence-corrected chi connectivity index (χ0v) is 55.6. The van der Waals surface area contributed by atoms with Gasteiger partial charge in [-0.05, 0) is 168 Å². The van der Waals surface area contributed by atoms with Crippen molar-refractivity contribution in [2.24, 2.45) is 0 Å². The normalized spacial score (nSPS) is 19.4. The minimum atomic E-state index is -1.07. The summed E-state index contributed by atoms with van der Waals surface area (Å²) in [7, 11) is 0. The van der Waals surface area contributed by atoms with Crippen LogP contribution in [0.15, 0.2) is 357 Å². The molecule has 109 heavy (non-hydrogen) atoms. The Bertz CT molecular complexity index is 11100. The van der Waals surface area contributed by atoms with Crippen LogP contribution in [0.25, 0.3) is 199 Å². The van der Waals surface area contributed by atoms with Crippen molar-refractivity contribution < 1.29 is 80.9 Å². The zero-order valence-electron chi connectivity index (χ0n) is 115. The van der Waals surface area contributed by atoms with Crippen LogP contribution in [0, 0.1) is 20.8 Å². The fraction of sp³-hybridized carbons (Fsp3) is 0.0297. The first-order valence-electron chi connectivity index (χ1n) is 62.0. The second-order valence-electron chi connectivity index (χ2n) is 24.0. The summed E-state index contributed by atoms with van der Waals surface area (Å²) in [6, 6.07) is -51.8. The molecule has 0 aliphatic carbocycles. The van der Waals surface area contributed by atoms with Crippen LogP contribution in [0.5, 0.6) is 0 Å². The lowest BCUT2D eigenvalue weighted by atomic mass is 9.98. The van der Waals surface area contributed by atoms with Crippen molar-refractivity contribution in [2.45, 2.75) is 20.8 Å². The Morgan fingerprint density at radius 2 is 0.560 bits per heavy atom. The van der Waals surface area contributed by atoms with Gasteiger partial charge in [0.25, 0.3) is 0 Å². The number of fused-ring (bicyclic) bond motifs is 17. The van der Waals surface area contributed by atoms with E-state index in [1.807, 2.05) is 0 Å². The highest BCUT2D eigenvalue weighted by Gasteiger charge is 2.26. The molecule has 0 unspecified atom stereocenters. The monoisotopic (exact) mass is 1450 g/mol. The molecule has 0 atom stereocenters. The molecule has 0 amide bonds. The van der Waals surface area contributed by atoms with Gasteiger partial charge in [0.05, 0.1) is 147 Å². The maximum atomic E-state index is 9.93. The summed E-state index contributed by atoms with van der Waals surface area (Å²) in [5.74, 6) is -1.84. The van der Waals surface area contributed by atoms with Crippen molar-refractivity contribution in [2.75, 3.05) is 0 Å². The molecule has 22 rings (SSSR count). The summed E-state index contributed by atoms with van der Waals surface area (Å²) in [6.07, 6.45) is 0. The molecule has 0 saturated carbocycles. The summed E-state index contributed by atoms with van der Waals surface area (Å²) in [6.45, 7) is 3.86. The number of para-hydroxylation sites is 4. The summed E-state index contributed by atoms with van der Waals surface area (Å²) >= 11 is 0. The van der Waals surface area contributed by atoms with Gasteiger partial charge < -0.3 is 9.13 Å². The number of hydrogen-bond acceptors (Lipinski definition) is 4. The third-order valence-electron chi connectivity index (χ3n) is 17.6. The Balaban J connectivity index is 0.000000191. The van der Waals surface area contributed by atoms with E-state index in [4.69, 9.17) is 56.6 Å². The molecule has 22 aromatic rings. The molecule has 6 aromatic heterocycles. The van der Waals surface area contributed by atoms with Crippen LogP contribution >= 0.6 is 0 Å². The van der Waals surface area contributed by atoms with Gasteiger partial charge in [-0.3, -0.25) is 9.13 Å². The quantitative estimate of drug-likeness (QED) is 0.144. The van der Waals surface area contributed by atoms with Crippen molar-refractivity contribution in [3.05, 3.63) is 373 Å². The minimum absolute atomic E-state index is 0.122. The first-order valence-corrected chi connectivity index (χ1v) is 32.5. The molecule has 512 valence electrons. The molecule has 16 aromatic carbocycles. The molecule has 8 heteroatoms. The predicted octanol–water partition coefficient (Wildman–Crippen LogP) is 26.1. The molecule has 0 N–H and O–H groups in total. The van der Waals surface area contributed by atoms with E-state index in [0.717, 1.165) is 18.3 Å². The van der Waals surface area contributed by atoms with E-state index in [1.54, 1.807) is 0 Å². The maximum absolute atomic E-state index is 9.93. The van der Waals surface area contributed by atoms with Gasteiger partial charge in [-0.2, -0.15) is 0 Å². The van der Waals surface area contributed by atoms with Gasteiger partial charge in [0.1, 0.15) is 0 Å². The Hall–Kier alpha value is -14.3. The molecule has 8 nitrogen and oxygen atoms in total. The smallest absolute Gasteiger partial charge is 0.235 e. The lowest BCUT2D eigenvalue weighted by molar-refractivity contribution is 1.01. The van der Waals surface area contributed by atoms with E-state index in [1.165, 1.54) is 20.8 Å². The average molecular weight is 1450 g/mol. The molecule has 0 fully saturated rings. The van der Waals surface area contributed by atoms with Crippen LogP contribution in [0.3, 0.4) is 0 Å². The highest BCUT2D eigenvalue weighted by Crippen LogP contribution is 2.46. The molecule has 0 aliphatic heterocycles. The molecule has 0 saturated heterocycles. The number of benzene rings is 16. The second kappa shape index (κ2) is 25.5. The molecule has 6 heterocycles. The average Bonchev–Trinajstić information content (AvgIpc) is 1.51. The topological polar surface area (TPSA) is 71.3 Å². The zero-order chi connectivity index (χ0) is 124. The molecular weight excluding hydrogens is 1330 g/mol. The van der Waals surface area contributed by atoms with E-state index < -0.39 is 555 Å². The van der Waals surface area contributed by atoms with Gasteiger partial charge in [0.2, 0.25) is 11.9 Å². The van der Waals surface area contributed by atoms with Gasteiger partial charge in [0, 0.05) is 76.4 Å². The van der Waals surface area contributed by atoms with Crippen molar-refractivity contribution in [1.82, 2.24) is 38.2 Å². The largest absolute Gasteiger partial charge is 0.309 e. The summed E-state index contributed by atoms with van der Waals surface area (Å²) in [5, 5.41) is -6.80. The third-order valence-corrected chi connectivity index (χ3v) is 17.6. The van der Waals surface area contributed by atoms with Crippen LogP contribution in [0.2, 0.25) is 0 Å². The number of rotatable bonds is 9. The van der Waals surface area contributed by atoms with Gasteiger partial charge >= 0.3 is 0 Å². The van der Waals surface area contributed by atoms with Gasteiger partial charge in [-0.25, -0.2) is 19.9 Å². The van der Waals surface area contributed by atoms with Gasteiger partial charge in [-0.1, -0.05) is 270 Å². The van der Waals surface area contributed by atoms with E-state index in [0.29, 0.717) is 0 Å². The highest BCUT2D eigenvalue weighted by atomic mass is 15.2. The van der Waals surface area contributed by atoms with Crippen LogP contribution < -0.4 is 0 Å². The third kappa shape index (κ3) is 10.5. The molecule has 0 aliphatic rings. The Labute approximate surface area is 711 Å². The SMILES string of the molecule is [2H]c1c([2H])c([2H])c(-c2c([2H])c([2H])c3nc(-n4c5c([2H])c([2H])c([2H])c([2H])c5c5c6c7c([2H])c([2H])c([2H])c([2H])c7n(-c7c([2H])c([2H])c(C)c([2H])c7[2H])c6c([2H])c([2H])c54)nc(-c4c([2H])c([2H])c(-c5c([2H])c([2H])c([2H])c(C)c5[2H])c([2H])c4[2H])c3c2[2H])c([2H])c1[2H].[2H]c1c([2H])c([2H])c(-c2c([2H])c([2H])c3nc(-n4c5c([2H])c([2H])c([2H])c([2H])c5c5c6c7c([2H])c([2H])c([2H])c([2H])c7n(-c7c([2H])c([2H])c(C)c([2H])c7[2H])c6c([2H])c([2H])c54)nc(-c4c([2H])c([2H])c5c([2H])c([2H])c([2H])c([2H])c5c4[2H])c3c2[2H])c([2H])c1[2H]. The van der Waals surface area contributed by atoms with E-state index >= 15 is 0 Å². The number of nitrogens with zero attached hydrogens (tertiary/aromatic N) is 8. The van der Waals surface area contributed by atoms with E-state index in [9.17, 15) is 34.3 Å². The fourth-order valence-electron chi connectivity index (χ4n) is 12.9. The van der Waals surface area contributed by atoms with E-state index in [2.05, 4.69) is 9.97 Å². The lowest BCUT2D eigenvalue weighted by Crippen LogP contribution is -2.03. The van der Waals surface area contributed by atoms with Crippen molar-refractivity contribution in [3.8, 4) is 79.2 Å². The maximum Gasteiger partial charge on any atom is 0.235 e. The molecule has 0 spiro atoms. The summed E-state index contributed by atoms with van der Waals surface area (Å²) in [5.41, 5.74) is -16.1. The van der Waals surface area contributed by atoms with Gasteiger partial charge in [-0.15, -0.1) is 0 Å². The lowest BCUT2D eigenvalue weighted by Gasteiger charge is -2.14. The predicted molar refractivity (Wildman–Crippen MR) is 455 cm³/mol. The second-order valence-corrected chi connectivity index (χ2v) is 24.0. The number of aromatic nitrogens is 8. The van der Waals surface area contributed by atoms with E-state index in [-0.39, 0.29) is 16.7 Å². The molecular formula is C101H68N8. The summed E-state index contributed by atoms with van der Waals surface area (Å²) < 4.78 is 539. The minimum Gasteiger partial charge on any atom is -0.309 e. The van der Waals surface area contributed by atoms with Gasteiger partial charge in [0.15, 0.2) is 0 Å². The van der Waals surface area contributed by atoms with Crippen molar-refractivity contribution in [3.63, 3.8) is 0 Å². The van der Waals surface area contributed by atoms with Crippen LogP contribution in [-0.2, 0) is 0 Å². The summed E-state index contributed by atoms with van der Waals surface area (Å²) in [4.78, 5) is 18.5. The Morgan fingerprint density at radius 1 is 0.211 bits per heavy atom. The van der Waals surface area contributed by atoms with Crippen LogP contribution in [0.4, 0.5) is 0 Å². The first-order chi connectivity index (χ1) is 78.4. The number of hydrogen-bond donors (Lipinski definition) is 0.